The highest BCUT2D eigenvalue weighted by molar-refractivity contribution is 5.49. The molecule has 2 nitrogen and oxygen atoms in total. The van der Waals surface area contributed by atoms with Gasteiger partial charge in [0.25, 0.3) is 0 Å². The van der Waals surface area contributed by atoms with Gasteiger partial charge in [0.15, 0.2) is 0 Å². The Labute approximate surface area is 111 Å². The third kappa shape index (κ3) is 2.86. The molecule has 1 saturated heterocycles. The van der Waals surface area contributed by atoms with Crippen LogP contribution in [0, 0.1) is 5.92 Å². The first-order valence-electron chi connectivity index (χ1n) is 7.16. The van der Waals surface area contributed by atoms with Crippen LogP contribution in [0.25, 0.3) is 0 Å². The fourth-order valence-electron chi connectivity index (χ4n) is 2.77. The molecule has 0 saturated carbocycles. The largest absolute Gasteiger partial charge is 0.388 e. The third-order valence-electron chi connectivity index (χ3n) is 4.11. The molecule has 1 aromatic carbocycles. The number of aliphatic hydroxyl groups excluding tert-OH is 1. The van der Waals surface area contributed by atoms with E-state index in [2.05, 4.69) is 43.0 Å². The van der Waals surface area contributed by atoms with Crippen LogP contribution in [0.3, 0.4) is 0 Å². The van der Waals surface area contributed by atoms with Crippen molar-refractivity contribution in [1.82, 2.24) is 0 Å². The average molecular weight is 247 g/mol. The van der Waals surface area contributed by atoms with E-state index in [-0.39, 0.29) is 6.10 Å². The van der Waals surface area contributed by atoms with Crippen LogP contribution in [0.1, 0.15) is 51.7 Å². The van der Waals surface area contributed by atoms with Crippen molar-refractivity contribution < 1.29 is 5.11 Å². The molecule has 1 fully saturated rings. The number of hydrogen-bond acceptors (Lipinski definition) is 2. The van der Waals surface area contributed by atoms with Crippen molar-refractivity contribution in [3.63, 3.8) is 0 Å². The van der Waals surface area contributed by atoms with E-state index < -0.39 is 0 Å². The first-order chi connectivity index (χ1) is 8.61. The Bertz CT molecular complexity index is 373. The minimum Gasteiger partial charge on any atom is -0.388 e. The average Bonchev–Trinajstić information content (AvgIpc) is 2.41. The summed E-state index contributed by atoms with van der Waals surface area (Å²) >= 11 is 0. The van der Waals surface area contributed by atoms with E-state index in [1.54, 1.807) is 0 Å². The lowest BCUT2D eigenvalue weighted by atomic mass is 9.94. The molecule has 1 aliphatic heterocycles. The topological polar surface area (TPSA) is 23.5 Å². The van der Waals surface area contributed by atoms with Crippen LogP contribution in [-0.2, 0) is 0 Å². The van der Waals surface area contributed by atoms with Crippen molar-refractivity contribution >= 4 is 5.69 Å². The Morgan fingerprint density at radius 2 is 1.89 bits per heavy atom. The van der Waals surface area contributed by atoms with Crippen molar-refractivity contribution in [2.45, 2.75) is 52.2 Å². The summed E-state index contributed by atoms with van der Waals surface area (Å²) in [7, 11) is 0. The molecule has 100 valence electrons. The molecule has 0 aliphatic carbocycles. The predicted octanol–water partition coefficient (Wildman–Crippen LogP) is 3.75. The second-order valence-electron chi connectivity index (χ2n) is 5.70. The van der Waals surface area contributed by atoms with E-state index in [1.807, 2.05) is 6.92 Å². The number of piperidine rings is 1. The maximum atomic E-state index is 9.81. The van der Waals surface area contributed by atoms with Gasteiger partial charge < -0.3 is 10.0 Å². The van der Waals surface area contributed by atoms with Crippen LogP contribution in [0.4, 0.5) is 5.69 Å². The Balaban J connectivity index is 2.13. The molecule has 1 N–H and O–H groups in total. The van der Waals surface area contributed by atoms with E-state index >= 15 is 0 Å². The summed E-state index contributed by atoms with van der Waals surface area (Å²) in [6.45, 7) is 7.79. The summed E-state index contributed by atoms with van der Waals surface area (Å²) in [6.07, 6.45) is 3.07. The Hall–Kier alpha value is -1.02. The Kier molecular flexibility index (Phi) is 4.28. The first kappa shape index (κ1) is 13.4. The summed E-state index contributed by atoms with van der Waals surface area (Å²) in [5, 5.41) is 9.81. The molecule has 1 aliphatic rings. The molecule has 18 heavy (non-hydrogen) atoms. The fourth-order valence-corrected chi connectivity index (χ4v) is 2.77. The van der Waals surface area contributed by atoms with Gasteiger partial charge >= 0.3 is 0 Å². The number of hydrogen-bond donors (Lipinski definition) is 1. The molecule has 1 aromatic rings. The van der Waals surface area contributed by atoms with Crippen molar-refractivity contribution in [2.75, 3.05) is 11.4 Å². The standard InChI is InChI=1S/C16H25NO/c1-4-16(18)14-7-9-15(10-8-14)17-11-12(2)5-6-13(17)3/h7-10,12-13,16,18H,4-6,11H2,1-3H3/t12?,13?,16-/m1/s1. The highest BCUT2D eigenvalue weighted by Crippen LogP contribution is 2.28. The maximum Gasteiger partial charge on any atom is 0.0787 e. The third-order valence-corrected chi connectivity index (χ3v) is 4.11. The minimum absolute atomic E-state index is 0.322. The highest BCUT2D eigenvalue weighted by Gasteiger charge is 2.22. The summed E-state index contributed by atoms with van der Waals surface area (Å²) in [5.74, 6) is 0.780. The van der Waals surface area contributed by atoms with Gasteiger partial charge in [-0.05, 0) is 49.8 Å². The van der Waals surface area contributed by atoms with Gasteiger partial charge in [-0.3, -0.25) is 0 Å². The van der Waals surface area contributed by atoms with Gasteiger partial charge in [0.1, 0.15) is 0 Å². The summed E-state index contributed by atoms with van der Waals surface area (Å²) in [6, 6.07) is 9.07. The zero-order chi connectivity index (χ0) is 13.1. The van der Waals surface area contributed by atoms with E-state index in [1.165, 1.54) is 18.5 Å². The molecule has 0 aromatic heterocycles. The SMILES string of the molecule is CC[C@@H](O)c1ccc(N2CC(C)CCC2C)cc1. The van der Waals surface area contributed by atoms with Crippen LogP contribution in [0.5, 0.6) is 0 Å². The van der Waals surface area contributed by atoms with Gasteiger partial charge in [-0.2, -0.15) is 0 Å². The quantitative estimate of drug-likeness (QED) is 0.879. The molecular weight excluding hydrogens is 222 g/mol. The lowest BCUT2D eigenvalue weighted by Crippen LogP contribution is -2.41. The number of aliphatic hydroxyl groups is 1. The van der Waals surface area contributed by atoms with Gasteiger partial charge in [0.2, 0.25) is 0 Å². The molecule has 0 spiro atoms. The summed E-state index contributed by atoms with van der Waals surface area (Å²) in [5.41, 5.74) is 2.32. The Morgan fingerprint density at radius 1 is 1.22 bits per heavy atom. The summed E-state index contributed by atoms with van der Waals surface area (Å²) in [4.78, 5) is 2.50. The number of nitrogens with zero attached hydrogens (tertiary/aromatic N) is 1. The van der Waals surface area contributed by atoms with Crippen molar-refractivity contribution in [3.8, 4) is 0 Å². The van der Waals surface area contributed by atoms with Crippen LogP contribution in [0.15, 0.2) is 24.3 Å². The molecule has 1 heterocycles. The van der Waals surface area contributed by atoms with Crippen molar-refractivity contribution in [2.24, 2.45) is 5.92 Å². The maximum absolute atomic E-state index is 9.81. The van der Waals surface area contributed by atoms with Crippen LogP contribution < -0.4 is 4.90 Å². The van der Waals surface area contributed by atoms with E-state index in [0.29, 0.717) is 6.04 Å². The number of rotatable bonds is 3. The van der Waals surface area contributed by atoms with Gasteiger partial charge in [-0.25, -0.2) is 0 Å². The van der Waals surface area contributed by atoms with Gasteiger partial charge in [0, 0.05) is 18.3 Å². The number of anilines is 1. The minimum atomic E-state index is -0.322. The molecular formula is C16H25NO. The smallest absolute Gasteiger partial charge is 0.0787 e. The molecule has 2 heteroatoms. The molecule has 0 amide bonds. The molecule has 3 atom stereocenters. The first-order valence-corrected chi connectivity index (χ1v) is 7.16. The van der Waals surface area contributed by atoms with Gasteiger partial charge in [-0.15, -0.1) is 0 Å². The van der Waals surface area contributed by atoms with E-state index in [0.717, 1.165) is 24.4 Å². The van der Waals surface area contributed by atoms with Gasteiger partial charge in [-0.1, -0.05) is 26.0 Å². The second-order valence-corrected chi connectivity index (χ2v) is 5.70. The highest BCUT2D eigenvalue weighted by atomic mass is 16.3. The van der Waals surface area contributed by atoms with Crippen molar-refractivity contribution in [1.29, 1.82) is 0 Å². The predicted molar refractivity (Wildman–Crippen MR) is 76.9 cm³/mol. The van der Waals surface area contributed by atoms with E-state index in [4.69, 9.17) is 0 Å². The van der Waals surface area contributed by atoms with Crippen molar-refractivity contribution in [3.05, 3.63) is 29.8 Å². The lowest BCUT2D eigenvalue weighted by Gasteiger charge is -2.38. The molecule has 2 rings (SSSR count). The molecule has 0 bridgehead atoms. The fraction of sp³-hybridized carbons (Fsp3) is 0.625. The lowest BCUT2D eigenvalue weighted by molar-refractivity contribution is 0.173. The zero-order valence-corrected chi connectivity index (χ0v) is 11.8. The monoisotopic (exact) mass is 247 g/mol. The zero-order valence-electron chi connectivity index (χ0n) is 11.8. The van der Waals surface area contributed by atoms with Crippen LogP contribution in [-0.4, -0.2) is 17.7 Å². The van der Waals surface area contributed by atoms with Crippen LogP contribution in [0.2, 0.25) is 0 Å². The molecule has 0 radical (unpaired) electrons. The van der Waals surface area contributed by atoms with Crippen LogP contribution >= 0.6 is 0 Å². The van der Waals surface area contributed by atoms with Gasteiger partial charge in [0.05, 0.1) is 6.10 Å². The summed E-state index contributed by atoms with van der Waals surface area (Å²) < 4.78 is 0. The molecule has 2 unspecified atom stereocenters. The van der Waals surface area contributed by atoms with E-state index in [9.17, 15) is 5.11 Å². The normalized spacial score (nSPS) is 26.1. The second kappa shape index (κ2) is 5.75. The Morgan fingerprint density at radius 3 is 2.50 bits per heavy atom. The number of benzene rings is 1.